The molecule has 0 saturated carbocycles. The molecule has 0 radical (unpaired) electrons. The molecular weight excluding hydrogens is 2250 g/mol. The van der Waals surface area contributed by atoms with E-state index in [9.17, 15) is 67.6 Å². The molecule has 148 heavy (non-hydrogen) atoms. The molecule has 19 rings (SSSR count). The molecule has 28 atom stereocenters. The molecule has 0 amide bonds. The number of nitrogens with one attached hydrogen (secondary N) is 4. The minimum absolute atomic E-state index is 0.00131. The van der Waals surface area contributed by atoms with E-state index in [0.717, 1.165) is 4.57 Å². The van der Waals surface area contributed by atoms with Crippen LogP contribution in [0.1, 0.15) is 107 Å². The standard InChI is InChI=1S/C70H89N30O34P7S7/c1-26-11-94(69(105)86-54(26)71)43-6-31(130-137(110,144)116-13-36-30(128-135(107,108)142)5-46(123-36)98-23-83-51-59(98)87-66(74)90-63(51)102)37(122-43)14-117-138(111,145)134-35-10-48(100-25-85-53-61(100)89-68(76)92-65(53)104)127-41(35)18-120-140(113,147)132-33-8-45(97-22-82-50-56(73)78-20-80-58(50)97)124-38(33)16-118-139(112,146)131-32-7-44(96-21-81-49-55(72)77-19-79-57(49)96)125-39(32)17-119-141(114,148)133-34-9-47(99-24-84-52-60(99)88-67(75)91-64(52)103)126-40(34)15-115-136(109,143)129-29-4-42(121-28(29)3)95-12-27(2)62(101)93-70(95)106/h11-12,19-25,28-48H,4-10,13-18H2,1-3H3,(H,109,143)(H,110,144)(H,111,145)(H,112,146)(H,113,147)(H,114,148)(H2,71,86,105)(H2,72,77,79)(H2,73,78,80)(H,93,101,106)(H2,107,108,142)(H3,74,87,90,102)(H3,75,88,91,103)(H3,76,89,92,104)/t28-,29-,30-,31-,32-,33-,34-,35-,36-,37-,38-,39-,40-,41-,42-,43-,44-,45-,46-,47-,48-,136?,137?,138?,139?,140?,141?/m1/s1. The Balaban J connectivity index is 0.545. The fourth-order valence-electron chi connectivity index (χ4n) is 17.5. The number of aryl methyl sites for hydroxylation is 2. The van der Waals surface area contributed by atoms with Crippen LogP contribution in [0, 0.1) is 13.8 Å². The third-order valence-electron chi connectivity index (χ3n) is 24.3. The largest absolute Gasteiger partial charge is 0.383 e. The average molecular weight is 2340 g/mol. The number of rotatable bonds is 39. The molecular formula is C70H89N30O34P7S7. The molecule has 0 bridgehead atoms. The zero-order valence-corrected chi connectivity index (χ0v) is 88.2. The monoisotopic (exact) mass is 2330 g/mol. The van der Waals surface area contributed by atoms with E-state index in [1.807, 2.05) is 0 Å². The Hall–Kier alpha value is -8.09. The lowest BCUT2D eigenvalue weighted by atomic mass is 10.2. The van der Waals surface area contributed by atoms with Crippen molar-refractivity contribution in [3.05, 3.63) is 130 Å². The number of nitrogen functional groups attached to an aromatic ring is 6. The first-order chi connectivity index (χ1) is 69.9. The van der Waals surface area contributed by atoms with Gasteiger partial charge < -0.3 is 156 Å². The van der Waals surface area contributed by atoms with Crippen molar-refractivity contribution < 1.29 is 131 Å². The Labute approximate surface area is 862 Å². The maximum Gasteiger partial charge on any atom is 0.383 e. The fraction of sp³-hybridized carbons (Fsp3) is 0.529. The van der Waals surface area contributed by atoms with E-state index in [4.69, 9.17) is 197 Å². The Kier molecular flexibility index (Phi) is 31.2. The molecule has 19 heterocycles. The third-order valence-corrected chi connectivity index (χ3v) is 34.7. The lowest BCUT2D eigenvalue weighted by Gasteiger charge is -2.28. The highest BCUT2D eigenvalue weighted by molar-refractivity contribution is 8.44. The normalized spacial score (nSPS) is 29.3. The van der Waals surface area contributed by atoms with Gasteiger partial charge in [0.05, 0.1) is 114 Å². The van der Waals surface area contributed by atoms with Crippen LogP contribution in [0.15, 0.2) is 85.5 Å². The van der Waals surface area contributed by atoms with Crippen LogP contribution in [0.3, 0.4) is 0 Å². The summed E-state index contributed by atoms with van der Waals surface area (Å²) in [6.45, 7) is -32.0. The van der Waals surface area contributed by atoms with Gasteiger partial charge in [-0.25, -0.2) is 59.0 Å². The molecule has 7 aliphatic rings. The van der Waals surface area contributed by atoms with Crippen molar-refractivity contribution >= 4 is 221 Å². The second-order valence-electron chi connectivity index (χ2n) is 34.3. The van der Waals surface area contributed by atoms with Gasteiger partial charge >= 0.3 is 58.5 Å². The summed E-state index contributed by atoms with van der Waals surface area (Å²) < 4.78 is 145. The van der Waals surface area contributed by atoms with Gasteiger partial charge in [0.2, 0.25) is 17.8 Å². The van der Waals surface area contributed by atoms with E-state index in [1.165, 1.54) is 91.0 Å². The van der Waals surface area contributed by atoms with Crippen molar-refractivity contribution in [2.24, 2.45) is 0 Å². The maximum atomic E-state index is 13.5. The van der Waals surface area contributed by atoms with E-state index in [1.54, 1.807) is 13.8 Å². The first-order valence-corrected chi connectivity index (χ1v) is 62.1. The number of thiol groups is 1. The number of H-pyrrole nitrogens is 4. The van der Waals surface area contributed by atoms with Crippen LogP contribution in [-0.2, 0) is 167 Å². The highest BCUT2D eigenvalue weighted by Gasteiger charge is 2.52. The van der Waals surface area contributed by atoms with Gasteiger partial charge in [0, 0.05) is 68.5 Å². The van der Waals surface area contributed by atoms with Crippen LogP contribution in [0.5, 0.6) is 0 Å². The minimum Gasteiger partial charge on any atom is -0.383 e. The number of hydrogen-bond donors (Lipinski definition) is 18. The molecule has 12 aromatic heterocycles. The SMILES string of the molecule is Cc1cn([C@H]2C[C@@H](OP(O)(=S)OC[C@H]3O[C@@H](n4cnc5c(=O)[nH]c(N)nc54)C[C@H]3OP(=O)(O)S)[C@@H](COP(O)(=S)O[C@@H]3C[C@H](n4cnc5c(=O)[nH]c(N)nc54)O[C@@H]3COP(O)(=S)O[C@@H]3C[C@H](n4cnc5c(N)ncnc54)O[C@@H]3COP(O)(=S)O[C@@H]3C[C@H](n4cnc5c(N)ncnc54)O[C@@H]3COP(O)(=S)O[C@@H]3C[C@H](n4cnc5c(=O)[nH]c(N)nc54)O[C@@H]3COP(O)(=S)O[C@@H]3C[C@H](n4cc(C)c(=O)[nH]c4=O)O[C@@H]3C)O2)c(=O)nc1N. The van der Waals surface area contributed by atoms with Gasteiger partial charge in [-0.3, -0.25) is 75.6 Å². The van der Waals surface area contributed by atoms with Gasteiger partial charge in [-0.1, -0.05) is 12.2 Å². The molecule has 7 unspecified atom stereocenters. The Morgan fingerprint density at radius 3 is 0.932 bits per heavy atom. The number of fused-ring (bicyclic) bond motifs is 5. The van der Waals surface area contributed by atoms with E-state index >= 15 is 0 Å². The molecule has 7 saturated heterocycles. The number of hydrogen-bond acceptors (Lipinski definition) is 52. The number of imidazole rings is 5. The minimum atomic E-state index is -4.73. The van der Waals surface area contributed by atoms with Crippen LogP contribution in [-0.4, -0.2) is 276 Å². The molecule has 23 N–H and O–H groups in total. The molecule has 64 nitrogen and oxygen atoms in total. The highest BCUT2D eigenvalue weighted by Crippen LogP contribution is 2.59. The zero-order valence-electron chi connectivity index (χ0n) is 76.1. The van der Waals surface area contributed by atoms with Gasteiger partial charge in [-0.15, -0.1) is 0 Å². The predicted octanol–water partition coefficient (Wildman–Crippen LogP) is 0.142. The number of aromatic nitrogens is 24. The number of anilines is 6. The molecule has 0 aromatic carbocycles. The van der Waals surface area contributed by atoms with Crippen LogP contribution < -0.4 is 68.0 Å². The van der Waals surface area contributed by atoms with Crippen molar-refractivity contribution in [1.82, 2.24) is 117 Å². The smallest absolute Gasteiger partial charge is 0.383 e. The van der Waals surface area contributed by atoms with Crippen molar-refractivity contribution in [3.8, 4) is 0 Å². The molecule has 12 aromatic rings. The van der Waals surface area contributed by atoms with Crippen molar-refractivity contribution in [3.63, 3.8) is 0 Å². The van der Waals surface area contributed by atoms with Crippen molar-refractivity contribution in [1.29, 1.82) is 0 Å². The summed E-state index contributed by atoms with van der Waals surface area (Å²) in [5.41, 5.74) is 32.5. The Morgan fingerprint density at radius 2 is 0.615 bits per heavy atom. The first kappa shape index (κ1) is 108. The second-order valence-corrected chi connectivity index (χ2v) is 53.7. The Bertz CT molecular complexity index is 7900. The lowest BCUT2D eigenvalue weighted by Crippen LogP contribution is -2.33. The first-order valence-electron chi connectivity index (χ1n) is 43.8. The molecule has 0 aliphatic carbocycles. The average Bonchev–Trinajstić information content (AvgIpc) is 1.64. The summed E-state index contributed by atoms with van der Waals surface area (Å²) in [6, 6.07) is 0. The summed E-state index contributed by atoms with van der Waals surface area (Å²) in [7, 11) is 0. The van der Waals surface area contributed by atoms with Gasteiger partial charge in [0.25, 0.3) is 22.2 Å². The van der Waals surface area contributed by atoms with Crippen LogP contribution in [0.25, 0.3) is 55.8 Å². The molecule has 0 spiro atoms. The summed E-state index contributed by atoms with van der Waals surface area (Å²) in [5.74, 6) is -0.990. The van der Waals surface area contributed by atoms with E-state index in [-0.39, 0.29) is 142 Å². The molecule has 78 heteroatoms. The summed E-state index contributed by atoms with van der Waals surface area (Å²) in [6.07, 6.45) is -16.8. The Morgan fingerprint density at radius 1 is 0.345 bits per heavy atom. The summed E-state index contributed by atoms with van der Waals surface area (Å²) in [5, 5.41) is 0. The fourth-order valence-corrected chi connectivity index (χ4v) is 27.3. The summed E-state index contributed by atoms with van der Waals surface area (Å²) in [4.78, 5) is 225. The predicted molar refractivity (Wildman–Crippen MR) is 534 cm³/mol. The van der Waals surface area contributed by atoms with Gasteiger partial charge in [-0.2, -0.15) is 19.9 Å². The second kappa shape index (κ2) is 42.6. The van der Waals surface area contributed by atoms with Crippen LogP contribution >= 0.6 is 59.4 Å². The van der Waals surface area contributed by atoms with Crippen molar-refractivity contribution in [2.75, 3.05) is 74.0 Å². The quantitative estimate of drug-likeness (QED) is 0.0180. The molecule has 800 valence electrons. The molecule has 7 aliphatic heterocycles. The van der Waals surface area contributed by atoms with E-state index in [0.29, 0.717) is 5.56 Å². The topological polar surface area (TPSA) is 867 Å². The van der Waals surface area contributed by atoms with Crippen LogP contribution in [0.2, 0.25) is 0 Å². The van der Waals surface area contributed by atoms with Crippen molar-refractivity contribution in [2.45, 2.75) is 195 Å². The van der Waals surface area contributed by atoms with Gasteiger partial charge in [-0.05, 0) is 91.6 Å². The number of aromatic amines is 4. The number of nitrogens with two attached hydrogens (primary N) is 6. The van der Waals surface area contributed by atoms with E-state index in [2.05, 4.69) is 97.0 Å². The maximum absolute atomic E-state index is 13.5. The summed E-state index contributed by atoms with van der Waals surface area (Å²) >= 11 is 37.7. The van der Waals surface area contributed by atoms with E-state index < -0.39 is 249 Å². The number of ether oxygens (including phenoxy) is 7. The zero-order chi connectivity index (χ0) is 105. The third kappa shape index (κ3) is 24.0. The van der Waals surface area contributed by atoms with Gasteiger partial charge in [0.15, 0.2) is 56.4 Å². The lowest BCUT2D eigenvalue weighted by molar-refractivity contribution is -0.0564. The highest BCUT2D eigenvalue weighted by atomic mass is 32.7. The number of nitrogens with zero attached hydrogens (tertiary/aromatic N) is 20. The van der Waals surface area contributed by atoms with Crippen LogP contribution in [0.4, 0.5) is 35.3 Å². The molecule has 7 fully saturated rings. The van der Waals surface area contributed by atoms with Gasteiger partial charge in [0.1, 0.15) is 116 Å².